The van der Waals surface area contributed by atoms with Crippen molar-refractivity contribution in [3.05, 3.63) is 40.5 Å². The van der Waals surface area contributed by atoms with Crippen molar-refractivity contribution in [2.45, 2.75) is 19.3 Å². The molecule has 1 N–H and O–H groups in total. The van der Waals surface area contributed by atoms with Crippen LogP contribution in [0.2, 0.25) is 0 Å². The lowest BCUT2D eigenvalue weighted by atomic mass is 9.63. The smallest absolute Gasteiger partial charge is 0.271 e. The van der Waals surface area contributed by atoms with E-state index in [9.17, 15) is 24.5 Å². The van der Waals surface area contributed by atoms with Crippen LogP contribution < -0.4 is 10.1 Å². The van der Waals surface area contributed by atoms with Crippen molar-refractivity contribution in [3.8, 4) is 5.75 Å². The van der Waals surface area contributed by atoms with Gasteiger partial charge in [-0.3, -0.25) is 29.4 Å². The van der Waals surface area contributed by atoms with Crippen LogP contribution in [0.4, 0.5) is 11.4 Å². The van der Waals surface area contributed by atoms with E-state index in [1.807, 2.05) is 12.2 Å². The van der Waals surface area contributed by atoms with Gasteiger partial charge in [0.2, 0.25) is 17.7 Å². The number of likely N-dealkylation sites (tertiary alicyclic amines) is 1. The lowest BCUT2D eigenvalue weighted by molar-refractivity contribution is -0.384. The van der Waals surface area contributed by atoms with E-state index in [0.29, 0.717) is 0 Å². The predicted octanol–water partition coefficient (Wildman–Crippen LogP) is 2.13. The number of rotatable bonds is 6. The lowest BCUT2D eigenvalue weighted by Crippen LogP contribution is -2.38. The monoisotopic (exact) mass is 399 g/mol. The van der Waals surface area contributed by atoms with Crippen molar-refractivity contribution in [2.75, 3.05) is 19.0 Å². The summed E-state index contributed by atoms with van der Waals surface area (Å²) in [6.45, 7) is -0.00676. The molecule has 3 amide bonds. The van der Waals surface area contributed by atoms with Gasteiger partial charge in [-0.05, 0) is 30.7 Å². The molecule has 5 rings (SSSR count). The van der Waals surface area contributed by atoms with Gasteiger partial charge in [-0.25, -0.2) is 0 Å². The summed E-state index contributed by atoms with van der Waals surface area (Å²) >= 11 is 0. The highest BCUT2D eigenvalue weighted by Gasteiger charge is 2.56. The Morgan fingerprint density at radius 1 is 1.21 bits per heavy atom. The number of methoxy groups -OCH3 is 1. The second kappa shape index (κ2) is 7.31. The van der Waals surface area contributed by atoms with Crippen molar-refractivity contribution >= 4 is 29.1 Å². The Bertz CT molecular complexity index is 895. The van der Waals surface area contributed by atoms with Crippen LogP contribution in [-0.4, -0.2) is 41.2 Å². The van der Waals surface area contributed by atoms with Crippen molar-refractivity contribution in [2.24, 2.45) is 23.7 Å². The average Bonchev–Trinajstić information content (AvgIpc) is 2.99. The number of nitrogens with one attached hydrogen (secondary N) is 1. The standard InChI is InChI=1S/C20H21N3O6/c1-29-15-7-6-13(23(27)28)10-14(15)21-16(24)8-9-22-19(25)17-11-2-3-12(5-4-11)18(17)20(22)26/h2-3,6-7,10-12,17-18H,4-5,8-9H2,1H3,(H,21,24)/t11-,12-,17-,18+/m0/s1. The van der Waals surface area contributed by atoms with Gasteiger partial charge < -0.3 is 10.1 Å². The molecule has 152 valence electrons. The molecule has 0 radical (unpaired) electrons. The first-order valence-electron chi connectivity index (χ1n) is 9.56. The van der Waals surface area contributed by atoms with Gasteiger partial charge >= 0.3 is 0 Å². The summed E-state index contributed by atoms with van der Waals surface area (Å²) in [5.74, 6) is -0.952. The van der Waals surface area contributed by atoms with Gasteiger partial charge in [0.05, 0.1) is 29.6 Å². The zero-order chi connectivity index (χ0) is 20.7. The molecule has 1 heterocycles. The molecule has 0 unspecified atom stereocenters. The summed E-state index contributed by atoms with van der Waals surface area (Å²) in [6, 6.07) is 3.88. The summed E-state index contributed by atoms with van der Waals surface area (Å²) in [6.07, 6.45) is 5.84. The number of non-ortho nitro benzene ring substituents is 1. The van der Waals surface area contributed by atoms with Crippen molar-refractivity contribution in [1.29, 1.82) is 0 Å². The van der Waals surface area contributed by atoms with Gasteiger partial charge in [0.25, 0.3) is 5.69 Å². The molecule has 1 aliphatic heterocycles. The number of fused-ring (bicyclic) bond motifs is 1. The first-order valence-corrected chi connectivity index (χ1v) is 9.56. The molecule has 9 heteroatoms. The number of allylic oxidation sites excluding steroid dienone is 2. The van der Waals surface area contributed by atoms with E-state index < -0.39 is 10.8 Å². The van der Waals surface area contributed by atoms with E-state index in [1.165, 1.54) is 30.2 Å². The minimum Gasteiger partial charge on any atom is -0.495 e. The number of imide groups is 1. The third kappa shape index (κ3) is 3.26. The van der Waals surface area contributed by atoms with Crippen LogP contribution in [0.25, 0.3) is 0 Å². The van der Waals surface area contributed by atoms with Crippen molar-refractivity contribution in [1.82, 2.24) is 4.90 Å². The SMILES string of the molecule is COc1ccc([N+](=O)[O-])cc1NC(=O)CCN1C(=O)[C@@H]2[C@H](C1=O)[C@H]1C=C[C@H]2CC1. The lowest BCUT2D eigenvalue weighted by Gasteiger charge is -2.38. The number of ether oxygens (including phenoxy) is 1. The summed E-state index contributed by atoms with van der Waals surface area (Å²) in [5.41, 5.74) is -0.0141. The Hall–Kier alpha value is -3.23. The summed E-state index contributed by atoms with van der Waals surface area (Å²) in [5, 5.41) is 13.5. The maximum absolute atomic E-state index is 12.8. The molecule has 2 fully saturated rings. The first-order chi connectivity index (χ1) is 13.9. The minimum atomic E-state index is -0.569. The summed E-state index contributed by atoms with van der Waals surface area (Å²) < 4.78 is 5.12. The number of carbonyl (C=O) groups is 3. The molecule has 0 spiro atoms. The van der Waals surface area contributed by atoms with E-state index >= 15 is 0 Å². The third-order valence-corrected chi connectivity index (χ3v) is 6.08. The molecule has 1 aromatic rings. The van der Waals surface area contributed by atoms with Gasteiger partial charge in [0.15, 0.2) is 0 Å². The summed E-state index contributed by atoms with van der Waals surface area (Å²) in [4.78, 5) is 49.5. The Morgan fingerprint density at radius 3 is 2.34 bits per heavy atom. The molecule has 1 saturated carbocycles. The molecule has 0 aromatic heterocycles. The maximum atomic E-state index is 12.8. The van der Waals surface area contributed by atoms with Crippen LogP contribution >= 0.6 is 0 Å². The van der Waals surface area contributed by atoms with Crippen LogP contribution in [-0.2, 0) is 14.4 Å². The van der Waals surface area contributed by atoms with E-state index in [4.69, 9.17) is 4.74 Å². The zero-order valence-corrected chi connectivity index (χ0v) is 15.9. The summed E-state index contributed by atoms with van der Waals surface area (Å²) in [7, 11) is 1.39. The molecule has 2 bridgehead atoms. The topological polar surface area (TPSA) is 119 Å². The van der Waals surface area contributed by atoms with Crippen LogP contribution in [0.5, 0.6) is 5.75 Å². The second-order valence-electron chi connectivity index (χ2n) is 7.61. The normalized spacial score (nSPS) is 27.1. The largest absolute Gasteiger partial charge is 0.495 e. The second-order valence-corrected chi connectivity index (χ2v) is 7.61. The van der Waals surface area contributed by atoms with Gasteiger partial charge in [-0.15, -0.1) is 0 Å². The van der Waals surface area contributed by atoms with Crippen LogP contribution in [0, 0.1) is 33.8 Å². The average molecular weight is 399 g/mol. The first kappa shape index (κ1) is 19.1. The third-order valence-electron chi connectivity index (χ3n) is 6.08. The molecule has 3 aliphatic carbocycles. The molecule has 9 nitrogen and oxygen atoms in total. The fourth-order valence-corrected chi connectivity index (χ4v) is 4.69. The highest BCUT2D eigenvalue weighted by Crippen LogP contribution is 2.49. The van der Waals surface area contributed by atoms with Crippen LogP contribution in [0.15, 0.2) is 30.4 Å². The van der Waals surface area contributed by atoms with Crippen LogP contribution in [0.3, 0.4) is 0 Å². The number of anilines is 1. The quantitative estimate of drug-likeness (QED) is 0.339. The van der Waals surface area contributed by atoms with Gasteiger partial charge in [0.1, 0.15) is 5.75 Å². The Kier molecular flexibility index (Phi) is 4.81. The predicted molar refractivity (Wildman–Crippen MR) is 102 cm³/mol. The van der Waals surface area contributed by atoms with Gasteiger partial charge in [0, 0.05) is 25.1 Å². The highest BCUT2D eigenvalue weighted by molar-refractivity contribution is 6.06. The number of nitro benzene ring substituents is 1. The van der Waals surface area contributed by atoms with Crippen molar-refractivity contribution in [3.63, 3.8) is 0 Å². The highest BCUT2D eigenvalue weighted by atomic mass is 16.6. The number of hydrogen-bond donors (Lipinski definition) is 1. The fourth-order valence-electron chi connectivity index (χ4n) is 4.69. The van der Waals surface area contributed by atoms with E-state index in [2.05, 4.69) is 5.32 Å². The minimum absolute atomic E-state index is 0.00676. The van der Waals surface area contributed by atoms with E-state index in [-0.39, 0.29) is 65.6 Å². The number of nitro groups is 1. The number of benzene rings is 1. The maximum Gasteiger partial charge on any atom is 0.271 e. The molecular weight excluding hydrogens is 378 g/mol. The van der Waals surface area contributed by atoms with Gasteiger partial charge in [-0.1, -0.05) is 12.2 Å². The van der Waals surface area contributed by atoms with Gasteiger partial charge in [-0.2, -0.15) is 0 Å². The van der Waals surface area contributed by atoms with E-state index in [0.717, 1.165) is 12.8 Å². The van der Waals surface area contributed by atoms with Crippen molar-refractivity contribution < 1.29 is 24.0 Å². The molecule has 4 atom stereocenters. The Labute approximate surface area is 166 Å². The number of carbonyl (C=O) groups excluding carboxylic acids is 3. The van der Waals surface area contributed by atoms with E-state index in [1.54, 1.807) is 0 Å². The van der Waals surface area contributed by atoms with Crippen LogP contribution in [0.1, 0.15) is 19.3 Å². The Balaban J connectivity index is 1.42. The number of hydrogen-bond acceptors (Lipinski definition) is 6. The molecule has 29 heavy (non-hydrogen) atoms. The zero-order valence-electron chi connectivity index (χ0n) is 15.9. The number of amides is 3. The molecular formula is C20H21N3O6. The molecule has 1 aromatic carbocycles. The Morgan fingerprint density at radius 2 is 1.83 bits per heavy atom. The number of nitrogens with zero attached hydrogens (tertiary/aromatic N) is 2. The molecule has 1 saturated heterocycles. The molecule has 4 aliphatic rings. The fraction of sp³-hybridized carbons (Fsp3) is 0.450.